The van der Waals surface area contributed by atoms with Crippen LogP contribution in [0.25, 0.3) is 11.0 Å². The largest absolute Gasteiger partial charge is 0.356 e. The number of benzene rings is 2. The Labute approximate surface area is 128 Å². The standard InChI is InChI=1S/C15H13ClN2O2S/c1-11-6-8-12(9-7-11)21(19,18-16)10-14-13-4-2-3-5-15(13)20-17-14/h2-9H,10H2,1H3. The van der Waals surface area contributed by atoms with E-state index in [0.717, 1.165) is 10.9 Å². The fourth-order valence-corrected chi connectivity index (χ4v) is 3.95. The summed E-state index contributed by atoms with van der Waals surface area (Å²) in [5.41, 5.74) is 2.34. The minimum absolute atomic E-state index is 0.122. The van der Waals surface area contributed by atoms with Gasteiger partial charge in [-0.2, -0.15) is 0 Å². The van der Waals surface area contributed by atoms with Crippen LogP contribution < -0.4 is 0 Å². The summed E-state index contributed by atoms with van der Waals surface area (Å²) in [5.74, 6) is 0.122. The summed E-state index contributed by atoms with van der Waals surface area (Å²) in [5, 5.41) is 4.83. The van der Waals surface area contributed by atoms with Crippen LogP contribution in [0.4, 0.5) is 0 Å². The molecule has 0 fully saturated rings. The normalized spacial score (nSPS) is 14.0. The maximum Gasteiger partial charge on any atom is 0.167 e. The van der Waals surface area contributed by atoms with Gasteiger partial charge in [0.05, 0.1) is 15.5 Å². The molecule has 1 heterocycles. The van der Waals surface area contributed by atoms with Gasteiger partial charge in [-0.3, -0.25) is 0 Å². The Balaban J connectivity index is 2.05. The van der Waals surface area contributed by atoms with Crippen molar-refractivity contribution in [1.29, 1.82) is 0 Å². The molecule has 0 bridgehead atoms. The molecule has 6 heteroatoms. The molecule has 108 valence electrons. The maximum absolute atomic E-state index is 13.0. The summed E-state index contributed by atoms with van der Waals surface area (Å²) in [4.78, 5) is 0.593. The summed E-state index contributed by atoms with van der Waals surface area (Å²) in [7, 11) is -2.77. The minimum atomic E-state index is -2.77. The van der Waals surface area contributed by atoms with Crippen LogP contribution in [0.2, 0.25) is 0 Å². The van der Waals surface area contributed by atoms with E-state index in [9.17, 15) is 4.21 Å². The Bertz CT molecular complexity index is 893. The quantitative estimate of drug-likeness (QED) is 0.722. The molecule has 1 aromatic heterocycles. The van der Waals surface area contributed by atoms with E-state index in [2.05, 4.69) is 9.04 Å². The summed E-state index contributed by atoms with van der Waals surface area (Å²) in [6.07, 6.45) is 0. The lowest BCUT2D eigenvalue weighted by Gasteiger charge is -2.07. The van der Waals surface area contributed by atoms with E-state index in [1.54, 1.807) is 12.1 Å². The van der Waals surface area contributed by atoms with Gasteiger partial charge in [0.15, 0.2) is 5.58 Å². The van der Waals surface area contributed by atoms with E-state index in [0.29, 0.717) is 16.2 Å². The number of aromatic nitrogens is 1. The van der Waals surface area contributed by atoms with Gasteiger partial charge >= 0.3 is 0 Å². The van der Waals surface area contributed by atoms with Crippen molar-refractivity contribution in [3.05, 3.63) is 59.8 Å². The van der Waals surface area contributed by atoms with E-state index in [1.165, 1.54) is 0 Å². The lowest BCUT2D eigenvalue weighted by atomic mass is 10.2. The van der Waals surface area contributed by atoms with Gasteiger partial charge in [0, 0.05) is 22.1 Å². The first-order chi connectivity index (χ1) is 10.1. The molecular weight excluding hydrogens is 308 g/mol. The number of aryl methyl sites for hydroxylation is 1. The van der Waals surface area contributed by atoms with Gasteiger partial charge < -0.3 is 4.52 Å². The molecule has 0 saturated heterocycles. The van der Waals surface area contributed by atoms with Crippen molar-refractivity contribution in [2.45, 2.75) is 17.6 Å². The molecule has 0 N–H and O–H groups in total. The third-order valence-corrected chi connectivity index (χ3v) is 5.85. The van der Waals surface area contributed by atoms with Crippen LogP contribution in [0.15, 0.2) is 61.8 Å². The monoisotopic (exact) mass is 320 g/mol. The van der Waals surface area contributed by atoms with Crippen molar-refractivity contribution in [2.24, 2.45) is 3.88 Å². The van der Waals surface area contributed by atoms with Crippen molar-refractivity contribution < 1.29 is 8.73 Å². The summed E-state index contributed by atoms with van der Waals surface area (Å²) in [6, 6.07) is 14.8. The predicted molar refractivity (Wildman–Crippen MR) is 83.6 cm³/mol. The molecule has 4 nitrogen and oxygen atoms in total. The highest BCUT2D eigenvalue weighted by atomic mass is 35.5. The number of rotatable bonds is 3. The second-order valence-electron chi connectivity index (χ2n) is 4.79. The lowest BCUT2D eigenvalue weighted by molar-refractivity contribution is 0.449. The van der Waals surface area contributed by atoms with Crippen LogP contribution in [0.5, 0.6) is 0 Å². The molecule has 2 aromatic carbocycles. The molecule has 0 aliphatic heterocycles. The first-order valence-electron chi connectivity index (χ1n) is 6.37. The van der Waals surface area contributed by atoms with Crippen LogP contribution in [0, 0.1) is 6.92 Å². The molecule has 21 heavy (non-hydrogen) atoms. The Hall–Kier alpha value is -1.85. The molecule has 3 rings (SSSR count). The molecule has 0 radical (unpaired) electrons. The first-order valence-corrected chi connectivity index (χ1v) is 8.40. The molecule has 0 aliphatic carbocycles. The number of nitrogens with zero attached hydrogens (tertiary/aromatic N) is 2. The highest BCUT2D eigenvalue weighted by molar-refractivity contribution is 7.93. The topological polar surface area (TPSA) is 55.5 Å². The molecule has 0 spiro atoms. The molecule has 1 atom stereocenters. The predicted octanol–water partition coefficient (Wildman–Crippen LogP) is 4.32. The average Bonchev–Trinajstić information content (AvgIpc) is 2.91. The van der Waals surface area contributed by atoms with Crippen LogP contribution >= 0.6 is 11.8 Å². The van der Waals surface area contributed by atoms with E-state index in [4.69, 9.17) is 16.3 Å². The number of fused-ring (bicyclic) bond motifs is 1. The van der Waals surface area contributed by atoms with E-state index in [1.807, 2.05) is 43.3 Å². The zero-order chi connectivity index (χ0) is 14.9. The molecular formula is C15H13ClN2O2S. The third-order valence-electron chi connectivity index (χ3n) is 3.29. The van der Waals surface area contributed by atoms with Gasteiger partial charge in [0.25, 0.3) is 0 Å². The molecule has 0 saturated carbocycles. The van der Waals surface area contributed by atoms with Crippen molar-refractivity contribution in [1.82, 2.24) is 5.16 Å². The summed E-state index contributed by atoms with van der Waals surface area (Å²) < 4.78 is 21.9. The number of halogens is 1. The fourth-order valence-electron chi connectivity index (χ4n) is 2.13. The Morgan fingerprint density at radius 3 is 2.62 bits per heavy atom. The second kappa shape index (κ2) is 5.50. The summed E-state index contributed by atoms with van der Waals surface area (Å²) >= 11 is 5.64. The number of para-hydroxylation sites is 1. The van der Waals surface area contributed by atoms with Crippen LogP contribution in [-0.4, -0.2) is 9.37 Å². The molecule has 0 aliphatic rings. The molecule has 3 aromatic rings. The minimum Gasteiger partial charge on any atom is -0.356 e. The second-order valence-corrected chi connectivity index (χ2v) is 7.39. The van der Waals surface area contributed by atoms with Crippen LogP contribution in [0.1, 0.15) is 11.3 Å². The van der Waals surface area contributed by atoms with Gasteiger partial charge in [-0.05, 0) is 31.2 Å². The van der Waals surface area contributed by atoms with Gasteiger partial charge in [-0.1, -0.05) is 35.0 Å². The highest BCUT2D eigenvalue weighted by Crippen LogP contribution is 2.25. The smallest absolute Gasteiger partial charge is 0.167 e. The third kappa shape index (κ3) is 2.66. The first kappa shape index (κ1) is 14.1. The maximum atomic E-state index is 13.0. The van der Waals surface area contributed by atoms with Gasteiger partial charge in [0.2, 0.25) is 0 Å². The van der Waals surface area contributed by atoms with Crippen molar-refractivity contribution in [3.63, 3.8) is 0 Å². The Morgan fingerprint density at radius 2 is 1.90 bits per heavy atom. The van der Waals surface area contributed by atoms with Gasteiger partial charge in [-0.25, -0.2) is 4.21 Å². The Morgan fingerprint density at radius 1 is 1.19 bits per heavy atom. The summed E-state index contributed by atoms with van der Waals surface area (Å²) in [6.45, 7) is 1.97. The van der Waals surface area contributed by atoms with E-state index >= 15 is 0 Å². The van der Waals surface area contributed by atoms with Gasteiger partial charge in [0.1, 0.15) is 5.69 Å². The molecule has 1 unspecified atom stereocenters. The van der Waals surface area contributed by atoms with Crippen LogP contribution in [-0.2, 0) is 15.5 Å². The SMILES string of the molecule is Cc1ccc(S(=O)(Cc2noc3ccccc23)=NCl)cc1. The fraction of sp³-hybridized carbons (Fsp3) is 0.133. The Kier molecular flexibility index (Phi) is 3.69. The van der Waals surface area contributed by atoms with Crippen LogP contribution in [0.3, 0.4) is 0 Å². The van der Waals surface area contributed by atoms with Gasteiger partial charge in [-0.15, -0.1) is 3.88 Å². The zero-order valence-corrected chi connectivity index (χ0v) is 12.9. The molecule has 0 amide bonds. The van der Waals surface area contributed by atoms with E-state index < -0.39 is 9.73 Å². The lowest BCUT2D eigenvalue weighted by Crippen LogP contribution is -2.04. The number of hydrogen-bond donors (Lipinski definition) is 0. The van der Waals surface area contributed by atoms with Crippen molar-refractivity contribution >= 4 is 32.5 Å². The van der Waals surface area contributed by atoms with Crippen molar-refractivity contribution in [2.75, 3.05) is 0 Å². The average molecular weight is 321 g/mol. The zero-order valence-electron chi connectivity index (χ0n) is 11.3. The number of hydrogen-bond acceptors (Lipinski definition) is 4. The highest BCUT2D eigenvalue weighted by Gasteiger charge is 2.18. The van der Waals surface area contributed by atoms with E-state index in [-0.39, 0.29) is 5.75 Å². The van der Waals surface area contributed by atoms with Crippen molar-refractivity contribution in [3.8, 4) is 0 Å².